The number of hydrogen-bond acceptors (Lipinski definition) is 4. The van der Waals surface area contributed by atoms with E-state index in [1.165, 1.54) is 6.07 Å². The summed E-state index contributed by atoms with van der Waals surface area (Å²) in [5.74, 6) is -0.480. The molecule has 0 amide bonds. The molecular formula is C14H10BFN2O3. The average molecular weight is 284 g/mol. The Morgan fingerprint density at radius 2 is 1.90 bits per heavy atom. The van der Waals surface area contributed by atoms with Crippen LogP contribution in [0.2, 0.25) is 0 Å². The van der Waals surface area contributed by atoms with Gasteiger partial charge in [0.15, 0.2) is 0 Å². The van der Waals surface area contributed by atoms with Crippen molar-refractivity contribution in [1.29, 1.82) is 0 Å². The van der Waals surface area contributed by atoms with Crippen molar-refractivity contribution in [3.8, 4) is 11.4 Å². The maximum absolute atomic E-state index is 13.4. The lowest BCUT2D eigenvalue weighted by Crippen LogP contribution is -2.32. The first-order valence-electron chi connectivity index (χ1n) is 6.21. The van der Waals surface area contributed by atoms with E-state index in [0.717, 1.165) is 12.1 Å². The molecule has 3 rings (SSSR count). The first-order valence-corrected chi connectivity index (χ1v) is 6.21. The Morgan fingerprint density at radius 3 is 2.67 bits per heavy atom. The largest absolute Gasteiger partial charge is 0.489 e. The summed E-state index contributed by atoms with van der Waals surface area (Å²) < 4.78 is 13.4. The number of aromatic nitrogens is 2. The molecule has 0 radical (unpaired) electrons. The topological polar surface area (TPSA) is 86.2 Å². The zero-order valence-electron chi connectivity index (χ0n) is 10.7. The minimum Gasteiger partial charge on any atom is -0.423 e. The molecule has 3 N–H and O–H groups in total. The Balaban J connectivity index is 2.30. The van der Waals surface area contributed by atoms with Gasteiger partial charge < -0.3 is 15.0 Å². The van der Waals surface area contributed by atoms with Crippen LogP contribution < -0.4 is 11.0 Å². The molecule has 0 saturated heterocycles. The van der Waals surface area contributed by atoms with Crippen molar-refractivity contribution in [2.45, 2.75) is 0 Å². The van der Waals surface area contributed by atoms with Gasteiger partial charge in [-0.05, 0) is 29.7 Å². The molecule has 104 valence electrons. The summed E-state index contributed by atoms with van der Waals surface area (Å²) in [5.41, 5.74) is 0.264. The van der Waals surface area contributed by atoms with Crippen LogP contribution in [0.3, 0.4) is 0 Å². The van der Waals surface area contributed by atoms with Crippen LogP contribution in [0, 0.1) is 5.82 Å². The highest BCUT2D eigenvalue weighted by Crippen LogP contribution is 2.16. The van der Waals surface area contributed by atoms with Crippen LogP contribution in [0.25, 0.3) is 22.3 Å². The van der Waals surface area contributed by atoms with Crippen molar-refractivity contribution in [3.05, 3.63) is 58.6 Å². The Kier molecular flexibility index (Phi) is 3.28. The summed E-state index contributed by atoms with van der Waals surface area (Å²) in [6, 6.07) is 10.2. The lowest BCUT2D eigenvalue weighted by molar-refractivity contribution is 0.426. The van der Waals surface area contributed by atoms with Gasteiger partial charge in [-0.3, -0.25) is 4.79 Å². The van der Waals surface area contributed by atoms with Crippen LogP contribution in [-0.2, 0) is 0 Å². The van der Waals surface area contributed by atoms with Crippen LogP contribution >= 0.6 is 0 Å². The number of aromatic amines is 1. The molecule has 0 atom stereocenters. The Labute approximate surface area is 118 Å². The maximum Gasteiger partial charge on any atom is 0.489 e. The summed E-state index contributed by atoms with van der Waals surface area (Å²) in [6.07, 6.45) is 0. The number of nitrogens with zero attached hydrogens (tertiary/aromatic N) is 1. The highest BCUT2D eigenvalue weighted by atomic mass is 19.1. The van der Waals surface area contributed by atoms with E-state index in [9.17, 15) is 19.2 Å². The molecule has 0 bridgehead atoms. The standard InChI is InChI=1S/C14H10BFN2O3/c16-8-5-6-11(15(20)21)10(7-8)13-17-12-4-2-1-3-9(12)14(19)18-13/h1-7,20-21H,(H,17,18,19). The van der Waals surface area contributed by atoms with Gasteiger partial charge in [-0.25, -0.2) is 9.37 Å². The van der Waals surface area contributed by atoms with Crippen LogP contribution in [0.5, 0.6) is 0 Å². The minimum absolute atomic E-state index is 0.0647. The van der Waals surface area contributed by atoms with Gasteiger partial charge in [0.2, 0.25) is 0 Å². The van der Waals surface area contributed by atoms with Crippen molar-refractivity contribution in [1.82, 2.24) is 9.97 Å². The quantitative estimate of drug-likeness (QED) is 0.595. The molecular weight excluding hydrogens is 274 g/mol. The zero-order chi connectivity index (χ0) is 15.0. The van der Waals surface area contributed by atoms with Crippen molar-refractivity contribution in [2.75, 3.05) is 0 Å². The fourth-order valence-corrected chi connectivity index (χ4v) is 2.17. The summed E-state index contributed by atoms with van der Waals surface area (Å²) in [6.45, 7) is 0. The molecule has 5 nitrogen and oxygen atoms in total. The van der Waals surface area contributed by atoms with Crippen LogP contribution in [0.4, 0.5) is 4.39 Å². The van der Waals surface area contributed by atoms with E-state index in [1.807, 2.05) is 0 Å². The molecule has 7 heteroatoms. The van der Waals surface area contributed by atoms with Crippen molar-refractivity contribution in [2.24, 2.45) is 0 Å². The SMILES string of the molecule is O=c1[nH]c(-c2cc(F)ccc2B(O)O)nc2ccccc12. The van der Waals surface area contributed by atoms with E-state index >= 15 is 0 Å². The molecule has 1 aromatic heterocycles. The highest BCUT2D eigenvalue weighted by Gasteiger charge is 2.19. The van der Waals surface area contributed by atoms with Crippen LogP contribution in [-0.4, -0.2) is 27.1 Å². The number of rotatable bonds is 2. The maximum atomic E-state index is 13.4. The Bertz CT molecular complexity index is 879. The fourth-order valence-electron chi connectivity index (χ4n) is 2.17. The average Bonchev–Trinajstić information content (AvgIpc) is 2.46. The second-order valence-electron chi connectivity index (χ2n) is 4.54. The second-order valence-corrected chi connectivity index (χ2v) is 4.54. The summed E-state index contributed by atoms with van der Waals surface area (Å²) in [4.78, 5) is 18.8. The monoisotopic (exact) mass is 284 g/mol. The number of nitrogens with one attached hydrogen (secondary N) is 1. The van der Waals surface area contributed by atoms with E-state index in [2.05, 4.69) is 9.97 Å². The van der Waals surface area contributed by atoms with Crippen molar-refractivity contribution < 1.29 is 14.4 Å². The third-order valence-corrected chi connectivity index (χ3v) is 3.16. The molecule has 3 aromatic rings. The van der Waals surface area contributed by atoms with E-state index in [1.54, 1.807) is 24.3 Å². The van der Waals surface area contributed by atoms with Gasteiger partial charge in [0.05, 0.1) is 10.9 Å². The van der Waals surface area contributed by atoms with Crippen molar-refractivity contribution >= 4 is 23.5 Å². The van der Waals surface area contributed by atoms with Crippen LogP contribution in [0.1, 0.15) is 0 Å². The molecule has 2 aromatic carbocycles. The zero-order valence-corrected chi connectivity index (χ0v) is 10.7. The van der Waals surface area contributed by atoms with Gasteiger partial charge in [0.1, 0.15) is 11.6 Å². The van der Waals surface area contributed by atoms with E-state index in [0.29, 0.717) is 10.9 Å². The molecule has 0 saturated carbocycles. The molecule has 0 aliphatic heterocycles. The van der Waals surface area contributed by atoms with Gasteiger partial charge in [-0.15, -0.1) is 0 Å². The first-order chi connectivity index (χ1) is 10.1. The van der Waals surface area contributed by atoms with E-state index in [4.69, 9.17) is 0 Å². The van der Waals surface area contributed by atoms with Gasteiger partial charge >= 0.3 is 7.12 Å². The third kappa shape index (κ3) is 2.44. The fraction of sp³-hybridized carbons (Fsp3) is 0. The molecule has 1 heterocycles. The molecule has 0 unspecified atom stereocenters. The van der Waals surface area contributed by atoms with Gasteiger partial charge in [0, 0.05) is 5.56 Å². The summed E-state index contributed by atoms with van der Waals surface area (Å²) >= 11 is 0. The van der Waals surface area contributed by atoms with Crippen LogP contribution in [0.15, 0.2) is 47.3 Å². The number of fused-ring (bicyclic) bond motifs is 1. The third-order valence-electron chi connectivity index (χ3n) is 3.16. The predicted molar refractivity (Wildman–Crippen MR) is 77.6 cm³/mol. The molecule has 0 aliphatic carbocycles. The number of H-pyrrole nitrogens is 1. The van der Waals surface area contributed by atoms with E-state index in [-0.39, 0.29) is 22.4 Å². The highest BCUT2D eigenvalue weighted by molar-refractivity contribution is 6.60. The number of hydrogen-bond donors (Lipinski definition) is 3. The predicted octanol–water partition coefficient (Wildman–Crippen LogP) is 0.409. The van der Waals surface area contributed by atoms with Crippen molar-refractivity contribution in [3.63, 3.8) is 0 Å². The summed E-state index contributed by atoms with van der Waals surface area (Å²) in [5, 5.41) is 19.1. The Hall–Kier alpha value is -2.51. The van der Waals surface area contributed by atoms with E-state index < -0.39 is 12.9 Å². The normalized spacial score (nSPS) is 10.8. The minimum atomic E-state index is -1.79. The molecule has 0 spiro atoms. The number of para-hydroxylation sites is 1. The molecule has 0 fully saturated rings. The second kappa shape index (κ2) is 5.12. The Morgan fingerprint density at radius 1 is 1.14 bits per heavy atom. The van der Waals surface area contributed by atoms with Gasteiger partial charge in [-0.2, -0.15) is 0 Å². The molecule has 21 heavy (non-hydrogen) atoms. The smallest absolute Gasteiger partial charge is 0.423 e. The van der Waals surface area contributed by atoms with Gasteiger partial charge in [0.25, 0.3) is 5.56 Å². The lowest BCUT2D eigenvalue weighted by Gasteiger charge is -2.09. The van der Waals surface area contributed by atoms with Gasteiger partial charge in [-0.1, -0.05) is 18.2 Å². The summed E-state index contributed by atoms with van der Waals surface area (Å²) in [7, 11) is -1.79. The number of benzene rings is 2. The number of halogens is 1. The molecule has 0 aliphatic rings. The lowest BCUT2D eigenvalue weighted by atomic mass is 9.77. The first kappa shape index (κ1) is 13.5.